The molecule has 2 aromatic heterocycles. The van der Waals surface area contributed by atoms with Crippen LogP contribution in [0.2, 0.25) is 0 Å². The molecule has 32 heavy (non-hydrogen) atoms. The lowest BCUT2D eigenvalue weighted by molar-refractivity contribution is 0.289. The predicted molar refractivity (Wildman–Crippen MR) is 124 cm³/mol. The van der Waals surface area contributed by atoms with E-state index in [1.807, 2.05) is 60.7 Å². The molecule has 4 aromatic rings. The van der Waals surface area contributed by atoms with Crippen molar-refractivity contribution in [2.24, 2.45) is 5.73 Å². The van der Waals surface area contributed by atoms with E-state index in [2.05, 4.69) is 15.0 Å². The zero-order valence-corrected chi connectivity index (χ0v) is 17.2. The number of benzene rings is 2. The quantitative estimate of drug-likeness (QED) is 0.429. The monoisotopic (exact) mass is 426 g/mol. The second-order valence-corrected chi connectivity index (χ2v) is 7.18. The second-order valence-electron chi connectivity index (χ2n) is 7.18. The molecule has 4 rings (SSSR count). The summed E-state index contributed by atoms with van der Waals surface area (Å²) in [6.45, 7) is 0.307. The molecule has 0 aliphatic heterocycles. The minimum absolute atomic E-state index is 0.118. The fourth-order valence-corrected chi connectivity index (χ4v) is 3.10. The molecule has 2 heterocycles. The smallest absolute Gasteiger partial charge is 0.272 e. The molecule has 0 aliphatic carbocycles. The fraction of sp³-hybridized carbons (Fsp3) is 0.0800. The van der Waals surface area contributed by atoms with E-state index in [9.17, 15) is 9.59 Å². The SMILES string of the molecule is N[C@@H](COc1ccc(/C=c2\[nH]c(=O)/c(=C/c3ccccc3)[nH]c2=O)nc1)c1ccccc1. The summed E-state index contributed by atoms with van der Waals surface area (Å²) >= 11 is 0. The standard InChI is InChI=1S/C25H22N4O3/c26-21(18-9-5-2-6-10-18)16-32-20-12-11-19(27-15-20)14-23-25(31)28-22(24(30)29-23)13-17-7-3-1-4-8-17/h1-15,21H,16,26H2,(H,28,31)(H,29,30)/b22-13-,23-14-/t21-/m0/s1. The number of nitrogens with zero attached hydrogens (tertiary/aromatic N) is 1. The van der Waals surface area contributed by atoms with Crippen LogP contribution in [0.15, 0.2) is 88.6 Å². The topological polar surface area (TPSA) is 114 Å². The normalized spacial score (nSPS) is 13.2. The molecule has 160 valence electrons. The van der Waals surface area contributed by atoms with Crippen molar-refractivity contribution < 1.29 is 4.74 Å². The number of aromatic nitrogens is 3. The van der Waals surface area contributed by atoms with Gasteiger partial charge in [0.15, 0.2) is 0 Å². The average Bonchev–Trinajstić information content (AvgIpc) is 2.83. The van der Waals surface area contributed by atoms with Crippen LogP contribution in [0.25, 0.3) is 12.2 Å². The highest BCUT2D eigenvalue weighted by atomic mass is 16.5. The Labute approximate surface area is 183 Å². The van der Waals surface area contributed by atoms with Crippen molar-refractivity contribution in [2.45, 2.75) is 6.04 Å². The Morgan fingerprint density at radius 1 is 0.844 bits per heavy atom. The first kappa shape index (κ1) is 21.0. The summed E-state index contributed by atoms with van der Waals surface area (Å²) in [5.41, 5.74) is 7.64. The van der Waals surface area contributed by atoms with Gasteiger partial charge in [0.25, 0.3) is 11.1 Å². The summed E-state index contributed by atoms with van der Waals surface area (Å²) in [5.74, 6) is 0.559. The fourth-order valence-electron chi connectivity index (χ4n) is 3.10. The molecule has 0 radical (unpaired) electrons. The molecule has 0 amide bonds. The van der Waals surface area contributed by atoms with Crippen molar-refractivity contribution >= 4 is 12.2 Å². The van der Waals surface area contributed by atoms with Gasteiger partial charge < -0.3 is 20.4 Å². The second kappa shape index (κ2) is 9.72. The van der Waals surface area contributed by atoms with Crippen LogP contribution in [0, 0.1) is 0 Å². The molecule has 0 unspecified atom stereocenters. The van der Waals surface area contributed by atoms with Crippen molar-refractivity contribution in [3.05, 3.63) is 127 Å². The van der Waals surface area contributed by atoms with Gasteiger partial charge in [-0.3, -0.25) is 14.6 Å². The summed E-state index contributed by atoms with van der Waals surface area (Å²) < 4.78 is 5.71. The number of aromatic amines is 2. The molecule has 1 atom stereocenters. The molecule has 7 nitrogen and oxygen atoms in total. The molecular weight excluding hydrogens is 404 g/mol. The molecule has 0 saturated carbocycles. The molecular formula is C25H22N4O3. The van der Waals surface area contributed by atoms with Gasteiger partial charge in [-0.25, -0.2) is 0 Å². The third-order valence-electron chi connectivity index (χ3n) is 4.80. The Hall–Kier alpha value is -4.23. The van der Waals surface area contributed by atoms with Crippen LogP contribution in [0.1, 0.15) is 22.9 Å². The lowest BCUT2D eigenvalue weighted by atomic mass is 10.1. The molecule has 2 aromatic carbocycles. The van der Waals surface area contributed by atoms with Crippen LogP contribution in [-0.2, 0) is 0 Å². The molecule has 0 saturated heterocycles. The summed E-state index contributed by atoms with van der Waals surface area (Å²) in [4.78, 5) is 34.3. The van der Waals surface area contributed by atoms with Crippen molar-refractivity contribution in [1.82, 2.24) is 15.0 Å². The molecule has 0 fully saturated rings. The molecule has 0 bridgehead atoms. The predicted octanol–water partition coefficient (Wildman–Crippen LogP) is 1.19. The highest BCUT2D eigenvalue weighted by molar-refractivity contribution is 5.48. The maximum atomic E-state index is 12.4. The number of ether oxygens (including phenoxy) is 1. The maximum Gasteiger partial charge on any atom is 0.272 e. The van der Waals surface area contributed by atoms with Gasteiger partial charge in [0.05, 0.1) is 17.9 Å². The third-order valence-corrected chi connectivity index (χ3v) is 4.80. The van der Waals surface area contributed by atoms with E-state index in [0.717, 1.165) is 11.1 Å². The lowest BCUT2D eigenvalue weighted by Gasteiger charge is -2.13. The van der Waals surface area contributed by atoms with Crippen LogP contribution in [0.3, 0.4) is 0 Å². The zero-order valence-electron chi connectivity index (χ0n) is 17.2. The van der Waals surface area contributed by atoms with Gasteiger partial charge in [-0.1, -0.05) is 60.7 Å². The van der Waals surface area contributed by atoms with Crippen LogP contribution in [0.4, 0.5) is 0 Å². The zero-order chi connectivity index (χ0) is 22.3. The van der Waals surface area contributed by atoms with Crippen molar-refractivity contribution in [3.8, 4) is 5.75 Å². The van der Waals surface area contributed by atoms with E-state index in [1.165, 1.54) is 6.08 Å². The Kier molecular flexibility index (Phi) is 6.38. The summed E-state index contributed by atoms with van der Waals surface area (Å²) in [6.07, 6.45) is 4.67. The minimum Gasteiger partial charge on any atom is -0.490 e. The highest BCUT2D eigenvalue weighted by Gasteiger charge is 2.06. The Morgan fingerprint density at radius 3 is 2.09 bits per heavy atom. The van der Waals surface area contributed by atoms with Gasteiger partial charge in [-0.15, -0.1) is 0 Å². The van der Waals surface area contributed by atoms with E-state index in [0.29, 0.717) is 18.1 Å². The first-order chi connectivity index (χ1) is 15.6. The maximum absolute atomic E-state index is 12.4. The Balaban J connectivity index is 1.51. The summed E-state index contributed by atoms with van der Waals surface area (Å²) in [5, 5.41) is 0.303. The highest BCUT2D eigenvalue weighted by Crippen LogP contribution is 2.14. The minimum atomic E-state index is -0.414. The van der Waals surface area contributed by atoms with Gasteiger partial charge in [0.2, 0.25) is 0 Å². The Morgan fingerprint density at radius 2 is 1.47 bits per heavy atom. The molecule has 4 N–H and O–H groups in total. The van der Waals surface area contributed by atoms with E-state index in [1.54, 1.807) is 24.4 Å². The molecule has 7 heteroatoms. The average molecular weight is 426 g/mol. The van der Waals surface area contributed by atoms with Crippen LogP contribution < -0.4 is 32.3 Å². The van der Waals surface area contributed by atoms with Gasteiger partial charge in [0, 0.05) is 0 Å². The van der Waals surface area contributed by atoms with Crippen LogP contribution in [-0.4, -0.2) is 21.6 Å². The van der Waals surface area contributed by atoms with E-state index < -0.39 is 11.1 Å². The summed E-state index contributed by atoms with van der Waals surface area (Å²) in [7, 11) is 0. The van der Waals surface area contributed by atoms with Gasteiger partial charge in [0.1, 0.15) is 23.1 Å². The van der Waals surface area contributed by atoms with E-state index in [4.69, 9.17) is 10.5 Å². The number of pyridine rings is 1. The van der Waals surface area contributed by atoms with Crippen molar-refractivity contribution in [1.29, 1.82) is 0 Å². The largest absolute Gasteiger partial charge is 0.490 e. The van der Waals surface area contributed by atoms with E-state index >= 15 is 0 Å². The van der Waals surface area contributed by atoms with E-state index in [-0.39, 0.29) is 16.7 Å². The molecule has 0 aliphatic rings. The Bertz CT molecular complexity index is 1410. The van der Waals surface area contributed by atoms with Gasteiger partial charge >= 0.3 is 0 Å². The van der Waals surface area contributed by atoms with Crippen molar-refractivity contribution in [3.63, 3.8) is 0 Å². The van der Waals surface area contributed by atoms with Crippen molar-refractivity contribution in [2.75, 3.05) is 6.61 Å². The first-order valence-corrected chi connectivity index (χ1v) is 10.1. The number of nitrogens with one attached hydrogen (secondary N) is 2. The molecule has 0 spiro atoms. The number of hydrogen-bond acceptors (Lipinski definition) is 5. The van der Waals surface area contributed by atoms with Crippen LogP contribution >= 0.6 is 0 Å². The number of rotatable bonds is 6. The number of H-pyrrole nitrogens is 2. The van der Waals surface area contributed by atoms with Gasteiger partial charge in [-0.05, 0) is 35.4 Å². The van der Waals surface area contributed by atoms with Gasteiger partial charge in [-0.2, -0.15) is 0 Å². The van der Waals surface area contributed by atoms with Crippen LogP contribution in [0.5, 0.6) is 5.75 Å². The number of nitrogens with two attached hydrogens (primary N) is 1. The third kappa shape index (κ3) is 5.27. The number of hydrogen-bond donors (Lipinski definition) is 3. The first-order valence-electron chi connectivity index (χ1n) is 10.1. The lowest BCUT2D eigenvalue weighted by Crippen LogP contribution is -2.46. The summed E-state index contributed by atoms with van der Waals surface area (Å²) in [6, 6.07) is 22.2.